The van der Waals surface area contributed by atoms with Crippen molar-refractivity contribution in [1.29, 1.82) is 5.41 Å². The van der Waals surface area contributed by atoms with Crippen molar-refractivity contribution < 1.29 is 31.5 Å². The lowest BCUT2D eigenvalue weighted by Crippen LogP contribution is -2.20. The predicted octanol–water partition coefficient (Wildman–Crippen LogP) is 3.73. The van der Waals surface area contributed by atoms with Crippen molar-refractivity contribution in [2.75, 3.05) is 0 Å². The molecule has 0 saturated heterocycles. The Morgan fingerprint density at radius 2 is 1.90 bits per heavy atom. The molecule has 3 aromatic rings. The van der Waals surface area contributed by atoms with E-state index >= 15 is 0 Å². The van der Waals surface area contributed by atoms with Gasteiger partial charge in [-0.05, 0) is 36.3 Å². The number of aryl methyl sites for hydroxylation is 1. The Morgan fingerprint density at radius 1 is 1.23 bits per heavy atom. The Hall–Kier alpha value is -3.12. The molecule has 0 atom stereocenters. The number of aliphatic carboxylic acids is 1. The highest BCUT2D eigenvalue weighted by molar-refractivity contribution is 7.92. The van der Waals surface area contributed by atoms with Crippen LogP contribution in [0.5, 0.6) is 0 Å². The normalized spacial score (nSPS) is 12.9. The summed E-state index contributed by atoms with van der Waals surface area (Å²) in [5.41, 5.74) is 3.77. The van der Waals surface area contributed by atoms with Crippen molar-refractivity contribution in [2.45, 2.75) is 23.2 Å². The van der Waals surface area contributed by atoms with Crippen LogP contribution in [0, 0.1) is 5.41 Å². The fraction of sp³-hybridized carbons (Fsp3) is 0.158. The van der Waals surface area contributed by atoms with Crippen molar-refractivity contribution in [2.24, 2.45) is 5.73 Å². The first-order valence-electron chi connectivity index (χ1n) is 8.70. The maximum atomic E-state index is 13.2. The Morgan fingerprint density at radius 3 is 2.55 bits per heavy atom. The van der Waals surface area contributed by atoms with Crippen LogP contribution in [0.15, 0.2) is 58.6 Å². The number of hydrogen-bond acceptors (Lipinski definition) is 6. The fourth-order valence-corrected chi connectivity index (χ4v) is 5.57. The number of rotatable bonds is 7. The molecule has 12 heteroatoms. The van der Waals surface area contributed by atoms with E-state index in [4.69, 9.17) is 16.2 Å². The molecule has 31 heavy (non-hydrogen) atoms. The summed E-state index contributed by atoms with van der Waals surface area (Å²) in [5.74, 6) is -1.02. The zero-order valence-electron chi connectivity index (χ0n) is 15.7. The molecule has 0 spiro atoms. The Kier molecular flexibility index (Phi) is 5.96. The smallest absolute Gasteiger partial charge is 0.430 e. The number of thiophene rings is 1. The van der Waals surface area contributed by atoms with Crippen molar-refractivity contribution in [3.05, 3.63) is 64.8 Å². The molecule has 7 nitrogen and oxygen atoms in total. The van der Waals surface area contributed by atoms with Crippen molar-refractivity contribution >= 4 is 43.9 Å². The first-order chi connectivity index (χ1) is 14.4. The fourth-order valence-electron chi connectivity index (χ4n) is 2.87. The number of carboxylic acids is 1. The van der Waals surface area contributed by atoms with Crippen LogP contribution in [0.4, 0.5) is 13.2 Å². The van der Waals surface area contributed by atoms with E-state index in [2.05, 4.69) is 0 Å². The van der Waals surface area contributed by atoms with Crippen molar-refractivity contribution in [1.82, 2.24) is 3.97 Å². The van der Waals surface area contributed by atoms with E-state index in [0.717, 1.165) is 3.97 Å². The molecule has 1 aromatic carbocycles. The first-order valence-corrected chi connectivity index (χ1v) is 11.0. The Balaban J connectivity index is 2.01. The number of halogens is 3. The van der Waals surface area contributed by atoms with Gasteiger partial charge in [0.2, 0.25) is 0 Å². The molecule has 0 aliphatic heterocycles. The summed E-state index contributed by atoms with van der Waals surface area (Å²) in [6.07, 6.45) is -3.08. The number of hydrogen-bond donors (Lipinski definition) is 3. The number of carbonyl (C=O) groups is 1. The molecule has 0 bridgehead atoms. The second-order valence-electron chi connectivity index (χ2n) is 6.50. The summed E-state index contributed by atoms with van der Waals surface area (Å²) in [7, 11) is -4.14. The van der Waals surface area contributed by atoms with Crippen LogP contribution in [-0.2, 0) is 21.2 Å². The third-order valence-corrected chi connectivity index (χ3v) is 7.62. The van der Waals surface area contributed by atoms with E-state index in [-0.39, 0.29) is 21.9 Å². The van der Waals surface area contributed by atoms with E-state index < -0.39 is 33.6 Å². The van der Waals surface area contributed by atoms with E-state index in [1.54, 1.807) is 24.3 Å². The van der Waals surface area contributed by atoms with Gasteiger partial charge < -0.3 is 10.8 Å². The van der Waals surface area contributed by atoms with Gasteiger partial charge in [-0.1, -0.05) is 18.2 Å². The molecule has 164 valence electrons. The van der Waals surface area contributed by atoms with Gasteiger partial charge in [0.25, 0.3) is 10.0 Å². The Bertz CT molecular complexity index is 1300. The van der Waals surface area contributed by atoms with E-state index in [0.29, 0.717) is 33.9 Å². The summed E-state index contributed by atoms with van der Waals surface area (Å²) >= 11 is 0.637. The summed E-state index contributed by atoms with van der Waals surface area (Å²) in [5, 5.41) is 17.3. The maximum Gasteiger partial charge on any atom is 0.430 e. The highest BCUT2D eigenvalue weighted by atomic mass is 32.2. The number of nitrogens with two attached hydrogens (primary N) is 1. The summed E-state index contributed by atoms with van der Waals surface area (Å²) in [6, 6.07) is 9.02. The lowest BCUT2D eigenvalue weighted by molar-refractivity contribution is -0.136. The predicted molar refractivity (Wildman–Crippen MR) is 110 cm³/mol. The number of fused-ring (bicyclic) bond motifs is 1. The van der Waals surface area contributed by atoms with Gasteiger partial charge in [0.15, 0.2) is 0 Å². The molecule has 0 aliphatic carbocycles. The zero-order chi connectivity index (χ0) is 23.0. The van der Waals surface area contributed by atoms with Gasteiger partial charge in [-0.15, -0.1) is 11.3 Å². The van der Waals surface area contributed by atoms with Crippen LogP contribution < -0.4 is 5.73 Å². The van der Waals surface area contributed by atoms with Gasteiger partial charge in [0.05, 0.1) is 16.1 Å². The molecular formula is C19H16F3N3O4S2. The molecule has 0 radical (unpaired) electrons. The second-order valence-corrected chi connectivity index (χ2v) is 9.62. The molecule has 0 amide bonds. The van der Waals surface area contributed by atoms with Gasteiger partial charge in [0.1, 0.15) is 9.91 Å². The summed E-state index contributed by atoms with van der Waals surface area (Å²) in [4.78, 5) is 10.9. The van der Waals surface area contributed by atoms with Crippen molar-refractivity contribution in [3.63, 3.8) is 0 Å². The maximum absolute atomic E-state index is 13.2. The quantitative estimate of drug-likeness (QED) is 0.453. The third-order valence-electron chi connectivity index (χ3n) is 4.36. The third kappa shape index (κ3) is 4.64. The van der Waals surface area contributed by atoms with E-state index in [1.165, 1.54) is 18.3 Å². The molecular weight excluding hydrogens is 455 g/mol. The van der Waals surface area contributed by atoms with E-state index in [9.17, 15) is 26.4 Å². The average molecular weight is 471 g/mol. The van der Waals surface area contributed by atoms with Gasteiger partial charge in [0, 0.05) is 18.0 Å². The number of carboxylic acid groups (broad SMARTS) is 1. The zero-order valence-corrected chi connectivity index (χ0v) is 17.3. The topological polar surface area (TPSA) is 126 Å². The van der Waals surface area contributed by atoms with Gasteiger partial charge in [-0.25, -0.2) is 3.97 Å². The molecule has 2 aromatic heterocycles. The summed E-state index contributed by atoms with van der Waals surface area (Å²) < 4.78 is 64.9. The van der Waals surface area contributed by atoms with Crippen LogP contribution in [0.1, 0.15) is 16.9 Å². The standard InChI is InChI=1S/C19H16F3N3O4S2/c20-19(21,22)16(24)9-13(23)15-6-8-18(30-15)31(28,29)25-10-11(5-7-17(26)27)12-3-1-2-4-14(12)25/h1-4,6,8-10,23H,5,7,24H2,(H,26,27)/b16-9-,23-13?. The minimum absolute atomic E-state index is 0.00617. The number of alkyl halides is 3. The first kappa shape index (κ1) is 22.6. The lowest BCUT2D eigenvalue weighted by atomic mass is 10.1. The van der Waals surface area contributed by atoms with Crippen LogP contribution in [-0.4, -0.2) is 35.4 Å². The number of allylic oxidation sites excluding steroid dienone is 2. The minimum atomic E-state index is -4.80. The average Bonchev–Trinajstić information content (AvgIpc) is 3.32. The van der Waals surface area contributed by atoms with Gasteiger partial charge >= 0.3 is 12.1 Å². The molecule has 4 N–H and O–H groups in total. The molecule has 3 rings (SSSR count). The number of para-hydroxylation sites is 1. The van der Waals surface area contributed by atoms with Gasteiger partial charge in [-0.3, -0.25) is 10.2 Å². The Labute approximate surface area is 178 Å². The monoisotopic (exact) mass is 471 g/mol. The van der Waals surface area contributed by atoms with E-state index in [1.807, 2.05) is 0 Å². The van der Waals surface area contributed by atoms with Crippen LogP contribution in [0.3, 0.4) is 0 Å². The lowest BCUT2D eigenvalue weighted by Gasteiger charge is -2.06. The molecule has 0 fully saturated rings. The number of benzene rings is 1. The minimum Gasteiger partial charge on any atom is -0.481 e. The van der Waals surface area contributed by atoms with Crippen LogP contribution >= 0.6 is 11.3 Å². The van der Waals surface area contributed by atoms with Crippen LogP contribution in [0.25, 0.3) is 10.9 Å². The SMILES string of the molecule is N=C(/C=C(\N)C(F)(F)F)c1ccc(S(=O)(=O)n2cc(CCC(=O)O)c3ccccc32)s1. The summed E-state index contributed by atoms with van der Waals surface area (Å²) in [6.45, 7) is 0. The highest BCUT2D eigenvalue weighted by Gasteiger charge is 2.32. The largest absolute Gasteiger partial charge is 0.481 e. The molecule has 0 aliphatic rings. The molecule has 0 unspecified atom stereocenters. The molecule has 2 heterocycles. The second kappa shape index (κ2) is 8.19. The number of aromatic nitrogens is 1. The highest BCUT2D eigenvalue weighted by Crippen LogP contribution is 2.31. The van der Waals surface area contributed by atoms with Gasteiger partial charge in [-0.2, -0.15) is 21.6 Å². The number of nitrogens with zero attached hydrogens (tertiary/aromatic N) is 1. The molecule has 0 saturated carbocycles. The van der Waals surface area contributed by atoms with Crippen molar-refractivity contribution in [3.8, 4) is 0 Å². The van der Waals surface area contributed by atoms with Crippen LogP contribution in [0.2, 0.25) is 0 Å². The number of nitrogens with one attached hydrogen (secondary N) is 1.